The van der Waals surface area contributed by atoms with Gasteiger partial charge in [0.15, 0.2) is 6.20 Å². The molecule has 0 unspecified atom stereocenters. The highest BCUT2D eigenvalue weighted by Crippen LogP contribution is 2.42. The van der Waals surface area contributed by atoms with E-state index in [-0.39, 0.29) is 5.56 Å². The fourth-order valence-electron chi connectivity index (χ4n) is 3.69. The van der Waals surface area contributed by atoms with E-state index in [1.54, 1.807) is 36.7 Å². The predicted octanol–water partition coefficient (Wildman–Crippen LogP) is 6.37. The van der Waals surface area contributed by atoms with Gasteiger partial charge in [-0.25, -0.2) is 9.41 Å². The molecule has 0 N–H and O–H groups in total. The van der Waals surface area contributed by atoms with Crippen molar-refractivity contribution >= 4 is 27.6 Å². The molecule has 0 spiro atoms. The third-order valence-corrected chi connectivity index (χ3v) is 5.03. The minimum absolute atomic E-state index is 0.269. The summed E-state index contributed by atoms with van der Waals surface area (Å²) in [6.45, 7) is 11.0. The first-order valence-corrected chi connectivity index (χ1v) is 8.81. The molecule has 0 aliphatic heterocycles. The number of aromatic nitrogens is 1. The van der Waals surface area contributed by atoms with Crippen LogP contribution in [0.4, 0.5) is 5.69 Å². The number of hydrogen-bond donors (Lipinski definition) is 0. The van der Waals surface area contributed by atoms with Gasteiger partial charge in [0.1, 0.15) is 18.2 Å². The molecule has 2 aromatic heterocycles. The second kappa shape index (κ2) is 6.25. The van der Waals surface area contributed by atoms with Crippen LogP contribution in [0.15, 0.2) is 47.0 Å². The van der Waals surface area contributed by atoms with Crippen LogP contribution in [0.25, 0.3) is 38.0 Å². The smallest absolute Gasteiger partial charge is 0.232 e. The number of benzene rings is 2. The van der Waals surface area contributed by atoms with Crippen LogP contribution in [-0.4, -0.2) is 0 Å². The Morgan fingerprint density at radius 3 is 2.52 bits per heavy atom. The molecule has 134 valence electrons. The molecule has 2 aromatic carbocycles. The van der Waals surface area contributed by atoms with Gasteiger partial charge in [-0.15, -0.1) is 0 Å². The van der Waals surface area contributed by atoms with Crippen molar-refractivity contribution in [1.29, 1.82) is 0 Å². The Morgan fingerprint density at radius 2 is 1.85 bits per heavy atom. The van der Waals surface area contributed by atoms with Crippen LogP contribution < -0.4 is 4.57 Å². The first kappa shape index (κ1) is 13.1. The highest BCUT2D eigenvalue weighted by Gasteiger charge is 2.22. The van der Waals surface area contributed by atoms with Crippen molar-refractivity contribution in [3.8, 4) is 11.3 Å². The number of rotatable bonds is 2. The Hall–Kier alpha value is -3.12. The average molecular weight is 359 g/mol. The Balaban J connectivity index is 2.06. The molecule has 3 nitrogen and oxygen atoms in total. The molecular weight excluding hydrogens is 332 g/mol. The summed E-state index contributed by atoms with van der Waals surface area (Å²) in [6.07, 6.45) is 1.62. The van der Waals surface area contributed by atoms with E-state index in [1.165, 1.54) is 0 Å². The molecule has 0 bridgehead atoms. The maximum atomic E-state index is 8.40. The molecule has 0 amide bonds. The van der Waals surface area contributed by atoms with E-state index in [0.29, 0.717) is 22.4 Å². The van der Waals surface area contributed by atoms with Gasteiger partial charge < -0.3 is 4.42 Å². The van der Waals surface area contributed by atoms with Crippen molar-refractivity contribution in [2.24, 2.45) is 7.05 Å². The zero-order valence-electron chi connectivity index (χ0n) is 19.8. The second-order valence-corrected chi connectivity index (χ2v) is 7.10. The van der Waals surface area contributed by atoms with Crippen LogP contribution >= 0.6 is 0 Å². The molecule has 0 saturated carbocycles. The standard InChI is InChI=1S/C24H23N2O/c1-14(2)17-10-11-19-18-9-8-16(4)21(20-12-7-15(3)13-26(20)6)23(18)27-24(19)22(17)25-5/h7-14H,1-4,6H3/q+1/i3D3,14D. The van der Waals surface area contributed by atoms with Crippen molar-refractivity contribution < 1.29 is 14.5 Å². The monoisotopic (exact) mass is 359 g/mol. The minimum Gasteiger partial charge on any atom is -0.466 e. The highest BCUT2D eigenvalue weighted by atomic mass is 16.3. The van der Waals surface area contributed by atoms with Gasteiger partial charge >= 0.3 is 0 Å². The van der Waals surface area contributed by atoms with Gasteiger partial charge in [0.05, 0.1) is 12.1 Å². The lowest BCUT2D eigenvalue weighted by molar-refractivity contribution is -0.660. The quantitative estimate of drug-likeness (QED) is 0.301. The van der Waals surface area contributed by atoms with E-state index in [9.17, 15) is 0 Å². The van der Waals surface area contributed by atoms with Crippen molar-refractivity contribution in [1.82, 2.24) is 0 Å². The second-order valence-electron chi connectivity index (χ2n) is 7.10. The predicted molar refractivity (Wildman–Crippen MR) is 110 cm³/mol. The van der Waals surface area contributed by atoms with E-state index >= 15 is 0 Å². The molecule has 0 saturated heterocycles. The zero-order chi connectivity index (χ0) is 22.7. The first-order valence-electron chi connectivity index (χ1n) is 10.8. The molecule has 0 aliphatic rings. The maximum absolute atomic E-state index is 8.40. The van der Waals surface area contributed by atoms with Crippen molar-refractivity contribution in [3.05, 3.63) is 70.7 Å². The molecule has 3 heteroatoms. The molecule has 0 aliphatic carbocycles. The van der Waals surface area contributed by atoms with Crippen LogP contribution in [0, 0.1) is 20.3 Å². The van der Waals surface area contributed by atoms with E-state index < -0.39 is 12.7 Å². The summed E-state index contributed by atoms with van der Waals surface area (Å²) < 4.78 is 39.5. The molecule has 4 rings (SSSR count). The van der Waals surface area contributed by atoms with Crippen LogP contribution in [0.1, 0.15) is 41.9 Å². The third-order valence-electron chi connectivity index (χ3n) is 5.03. The summed E-state index contributed by atoms with van der Waals surface area (Å²) in [6, 6.07) is 11.2. The van der Waals surface area contributed by atoms with E-state index in [4.69, 9.17) is 16.5 Å². The normalized spacial score (nSPS) is 14.5. The number of nitrogens with zero attached hydrogens (tertiary/aromatic N) is 2. The van der Waals surface area contributed by atoms with Gasteiger partial charge in [-0.1, -0.05) is 38.1 Å². The van der Waals surface area contributed by atoms with Crippen molar-refractivity contribution in [2.45, 2.75) is 33.5 Å². The summed E-state index contributed by atoms with van der Waals surface area (Å²) in [5.74, 6) is -0.927. The molecule has 4 aromatic rings. The van der Waals surface area contributed by atoms with Crippen molar-refractivity contribution in [3.63, 3.8) is 0 Å². The van der Waals surface area contributed by atoms with E-state index in [0.717, 1.165) is 27.6 Å². The van der Waals surface area contributed by atoms with Crippen LogP contribution in [-0.2, 0) is 7.05 Å². The van der Waals surface area contributed by atoms with Crippen LogP contribution in [0.5, 0.6) is 0 Å². The molecule has 0 radical (unpaired) electrons. The third kappa shape index (κ3) is 2.61. The Morgan fingerprint density at radius 1 is 1.11 bits per heavy atom. The Labute approximate surface area is 165 Å². The Bertz CT molecular complexity index is 1390. The van der Waals surface area contributed by atoms with E-state index in [1.807, 2.05) is 38.2 Å². The maximum Gasteiger partial charge on any atom is 0.232 e. The summed E-state index contributed by atoms with van der Waals surface area (Å²) >= 11 is 0. The number of furan rings is 1. The van der Waals surface area contributed by atoms with Gasteiger partial charge in [-0.3, -0.25) is 0 Å². The average Bonchev–Trinajstić information content (AvgIpc) is 3.04. The topological polar surface area (TPSA) is 21.4 Å². The summed E-state index contributed by atoms with van der Waals surface area (Å²) in [5.41, 5.74) is 5.05. The van der Waals surface area contributed by atoms with Gasteiger partial charge in [-0.05, 0) is 36.9 Å². The molecular formula is C24H23N2O+. The molecule has 2 heterocycles. The molecule has 27 heavy (non-hydrogen) atoms. The lowest BCUT2D eigenvalue weighted by Gasteiger charge is -2.07. The summed E-state index contributed by atoms with van der Waals surface area (Å²) in [7, 11) is 1.82. The van der Waals surface area contributed by atoms with Gasteiger partial charge in [0, 0.05) is 27.9 Å². The van der Waals surface area contributed by atoms with E-state index in [2.05, 4.69) is 4.85 Å². The van der Waals surface area contributed by atoms with Crippen molar-refractivity contribution in [2.75, 3.05) is 0 Å². The highest BCUT2D eigenvalue weighted by molar-refractivity contribution is 6.13. The summed E-state index contributed by atoms with van der Waals surface area (Å²) in [4.78, 5) is 3.71. The Kier molecular flexibility index (Phi) is 3.03. The SMILES string of the molecule is [2H]C([2H])([2H])c1ccc(-c2c(C)ccc3c2oc2c([N+]#[C-])c(C([2H])(C)C)ccc23)[n+](C)c1. The number of hydrogen-bond acceptors (Lipinski definition) is 1. The zero-order valence-corrected chi connectivity index (χ0v) is 15.8. The first-order chi connectivity index (χ1) is 14.4. The lowest BCUT2D eigenvalue weighted by Crippen LogP contribution is -2.31. The van der Waals surface area contributed by atoms with Crippen LogP contribution in [0.3, 0.4) is 0 Å². The minimum atomic E-state index is -2.18. The number of pyridine rings is 1. The summed E-state index contributed by atoms with van der Waals surface area (Å²) in [5, 5.41) is 1.71. The number of fused-ring (bicyclic) bond motifs is 3. The lowest BCUT2D eigenvalue weighted by atomic mass is 9.97. The van der Waals surface area contributed by atoms with Gasteiger partial charge in [0.2, 0.25) is 11.4 Å². The fraction of sp³-hybridized carbons (Fsp3) is 0.250. The number of aryl methyl sites for hydroxylation is 3. The van der Waals surface area contributed by atoms with Gasteiger partial charge in [-0.2, -0.15) is 0 Å². The van der Waals surface area contributed by atoms with Gasteiger partial charge in [0.25, 0.3) is 0 Å². The fourth-order valence-corrected chi connectivity index (χ4v) is 3.69. The molecule has 0 atom stereocenters. The van der Waals surface area contributed by atoms with Crippen LogP contribution in [0.2, 0.25) is 0 Å². The largest absolute Gasteiger partial charge is 0.466 e. The molecule has 0 fully saturated rings.